The summed E-state index contributed by atoms with van der Waals surface area (Å²) in [6.45, 7) is 6.99. The van der Waals surface area contributed by atoms with E-state index in [1.54, 1.807) is 7.05 Å². The first-order chi connectivity index (χ1) is 5.00. The van der Waals surface area contributed by atoms with Crippen LogP contribution in [0.5, 0.6) is 0 Å². The number of likely N-dealkylation sites (N-methyl/N-ethyl adjacent to an activating group) is 1. The van der Waals surface area contributed by atoms with Gasteiger partial charge in [-0.3, -0.25) is 4.21 Å². The van der Waals surface area contributed by atoms with Crippen LogP contribution in [0.4, 0.5) is 0 Å². The molecule has 0 aliphatic carbocycles. The zero-order valence-electron chi connectivity index (χ0n) is 6.83. The molecular weight excluding hydrogens is 162 g/mol. The predicted molar refractivity (Wildman–Crippen MR) is 47.2 cm³/mol. The van der Waals surface area contributed by atoms with Gasteiger partial charge in [-0.1, -0.05) is 13.2 Å². The smallest absolute Gasteiger partial charge is 0.0985 e. The Labute approximate surface area is 69.5 Å². The van der Waals surface area contributed by atoms with Crippen LogP contribution in [0.25, 0.3) is 0 Å². The summed E-state index contributed by atoms with van der Waals surface area (Å²) in [4.78, 5) is 1.52. The molecule has 4 heteroatoms. The molecule has 0 aromatic carbocycles. The fraction of sp³-hybridized carbons (Fsp3) is 0.429. The molecule has 0 rings (SSSR count). The Kier molecular flexibility index (Phi) is 4.07. The Morgan fingerprint density at radius 1 is 1.64 bits per heavy atom. The molecule has 0 saturated carbocycles. The molecule has 0 amide bonds. The number of aliphatic hydroxyl groups excluding tert-OH is 1. The number of rotatable bonds is 4. The summed E-state index contributed by atoms with van der Waals surface area (Å²) in [7, 11) is 0.566. The van der Waals surface area contributed by atoms with E-state index in [0.29, 0.717) is 10.7 Å². The lowest BCUT2D eigenvalue weighted by Crippen LogP contribution is -2.20. The van der Waals surface area contributed by atoms with Crippen molar-refractivity contribution in [2.75, 3.05) is 19.9 Å². The lowest BCUT2D eigenvalue weighted by molar-refractivity contribution is 0.297. The summed E-state index contributed by atoms with van der Waals surface area (Å²) in [6.07, 6.45) is 1.53. The maximum Gasteiger partial charge on any atom is 0.0985 e. The van der Waals surface area contributed by atoms with Gasteiger partial charge in [-0.05, 0) is 0 Å². The molecule has 1 atom stereocenters. The molecule has 0 bridgehead atoms. The Morgan fingerprint density at radius 2 is 2.09 bits per heavy atom. The highest BCUT2D eigenvalue weighted by atomic mass is 32.2. The standard InChI is InChI=1S/C7H13NO2S/c1-6(5-9)8(3)7(2)11(4)10/h9H,1-2,5H2,3-4H3. The van der Waals surface area contributed by atoms with Crippen molar-refractivity contribution in [2.24, 2.45) is 0 Å². The lowest BCUT2D eigenvalue weighted by atomic mass is 10.5. The van der Waals surface area contributed by atoms with Crippen molar-refractivity contribution in [1.82, 2.24) is 4.90 Å². The molecule has 0 saturated heterocycles. The van der Waals surface area contributed by atoms with Crippen LogP contribution in [0.15, 0.2) is 23.9 Å². The summed E-state index contributed by atoms with van der Waals surface area (Å²) < 4.78 is 10.9. The van der Waals surface area contributed by atoms with E-state index in [1.165, 1.54) is 11.2 Å². The first-order valence-corrected chi connectivity index (χ1v) is 4.61. The first kappa shape index (κ1) is 10.4. The van der Waals surface area contributed by atoms with Crippen molar-refractivity contribution in [3.05, 3.63) is 23.9 Å². The van der Waals surface area contributed by atoms with Crippen LogP contribution < -0.4 is 0 Å². The van der Waals surface area contributed by atoms with Crippen LogP contribution in [-0.4, -0.2) is 34.1 Å². The molecular formula is C7H13NO2S. The number of hydrogen-bond acceptors (Lipinski definition) is 3. The molecule has 1 unspecified atom stereocenters. The molecule has 64 valence electrons. The highest BCUT2D eigenvalue weighted by Crippen LogP contribution is 2.08. The van der Waals surface area contributed by atoms with E-state index in [0.717, 1.165) is 0 Å². The SMILES string of the molecule is C=C(CO)N(C)C(=C)S(C)=O. The van der Waals surface area contributed by atoms with Gasteiger partial charge in [0.25, 0.3) is 0 Å². The summed E-state index contributed by atoms with van der Waals surface area (Å²) in [5.41, 5.74) is 0.491. The fourth-order valence-corrected chi connectivity index (χ4v) is 0.990. The van der Waals surface area contributed by atoms with Crippen molar-refractivity contribution < 1.29 is 9.32 Å². The molecule has 3 nitrogen and oxygen atoms in total. The third-order valence-corrected chi connectivity index (χ3v) is 2.30. The van der Waals surface area contributed by atoms with Crippen molar-refractivity contribution >= 4 is 10.8 Å². The molecule has 0 fully saturated rings. The maximum absolute atomic E-state index is 10.9. The zero-order chi connectivity index (χ0) is 9.02. The normalized spacial score (nSPS) is 12.3. The Bertz CT molecular complexity index is 201. The minimum Gasteiger partial charge on any atom is -0.390 e. The van der Waals surface area contributed by atoms with E-state index in [9.17, 15) is 4.21 Å². The van der Waals surface area contributed by atoms with Gasteiger partial charge >= 0.3 is 0 Å². The van der Waals surface area contributed by atoms with Crippen LogP contribution in [0, 0.1) is 0 Å². The van der Waals surface area contributed by atoms with E-state index in [4.69, 9.17) is 5.11 Å². The third kappa shape index (κ3) is 2.86. The van der Waals surface area contributed by atoms with Gasteiger partial charge in [0.2, 0.25) is 0 Å². The van der Waals surface area contributed by atoms with E-state index in [2.05, 4.69) is 13.2 Å². The summed E-state index contributed by atoms with van der Waals surface area (Å²) in [5.74, 6) is 0. The van der Waals surface area contributed by atoms with Gasteiger partial charge in [0.1, 0.15) is 0 Å². The summed E-state index contributed by atoms with van der Waals surface area (Å²) in [6, 6.07) is 0. The topological polar surface area (TPSA) is 40.5 Å². The van der Waals surface area contributed by atoms with E-state index in [1.807, 2.05) is 0 Å². The van der Waals surface area contributed by atoms with Gasteiger partial charge in [-0.25, -0.2) is 0 Å². The third-order valence-electron chi connectivity index (χ3n) is 1.36. The second-order valence-electron chi connectivity index (χ2n) is 2.13. The Hall–Kier alpha value is -0.610. The highest BCUT2D eigenvalue weighted by Gasteiger charge is 2.07. The van der Waals surface area contributed by atoms with E-state index in [-0.39, 0.29) is 6.61 Å². The molecule has 1 N–H and O–H groups in total. The van der Waals surface area contributed by atoms with Crippen LogP contribution in [0.1, 0.15) is 0 Å². The monoisotopic (exact) mass is 175 g/mol. The molecule has 0 aromatic heterocycles. The van der Waals surface area contributed by atoms with Crippen molar-refractivity contribution in [1.29, 1.82) is 0 Å². The van der Waals surface area contributed by atoms with Crippen LogP contribution >= 0.6 is 0 Å². The Balaban J connectivity index is 4.25. The predicted octanol–water partition coefficient (Wildman–Crippen LogP) is 0.274. The second kappa shape index (κ2) is 4.31. The van der Waals surface area contributed by atoms with Gasteiger partial charge < -0.3 is 10.0 Å². The van der Waals surface area contributed by atoms with Crippen LogP contribution in [0.2, 0.25) is 0 Å². The van der Waals surface area contributed by atoms with Gasteiger partial charge in [0, 0.05) is 19.0 Å². The fourth-order valence-electron chi connectivity index (χ4n) is 0.475. The van der Waals surface area contributed by atoms with Crippen LogP contribution in [-0.2, 0) is 10.8 Å². The second-order valence-corrected chi connectivity index (χ2v) is 3.51. The van der Waals surface area contributed by atoms with Gasteiger partial charge in [0.15, 0.2) is 0 Å². The van der Waals surface area contributed by atoms with Gasteiger partial charge in [0.05, 0.1) is 22.4 Å². The number of aliphatic hydroxyl groups is 1. The average Bonchev–Trinajstić information content (AvgIpc) is 2.00. The lowest BCUT2D eigenvalue weighted by Gasteiger charge is -2.20. The minimum atomic E-state index is -1.10. The summed E-state index contributed by atoms with van der Waals surface area (Å²) in [5, 5.41) is 9.10. The average molecular weight is 175 g/mol. The van der Waals surface area contributed by atoms with Crippen molar-refractivity contribution in [2.45, 2.75) is 0 Å². The van der Waals surface area contributed by atoms with Crippen molar-refractivity contribution in [3.8, 4) is 0 Å². The summed E-state index contributed by atoms with van der Waals surface area (Å²) >= 11 is 0. The molecule has 0 heterocycles. The van der Waals surface area contributed by atoms with Gasteiger partial charge in [-0.2, -0.15) is 0 Å². The molecule has 0 radical (unpaired) electrons. The van der Waals surface area contributed by atoms with E-state index >= 15 is 0 Å². The molecule has 0 aliphatic rings. The molecule has 0 spiro atoms. The first-order valence-electron chi connectivity index (χ1n) is 3.05. The molecule has 0 aromatic rings. The van der Waals surface area contributed by atoms with E-state index < -0.39 is 10.8 Å². The molecule has 0 aliphatic heterocycles. The highest BCUT2D eigenvalue weighted by molar-refractivity contribution is 7.88. The van der Waals surface area contributed by atoms with Gasteiger partial charge in [-0.15, -0.1) is 0 Å². The molecule has 11 heavy (non-hydrogen) atoms. The van der Waals surface area contributed by atoms with Crippen molar-refractivity contribution in [3.63, 3.8) is 0 Å². The maximum atomic E-state index is 10.9. The quantitative estimate of drug-likeness (QED) is 0.667. The largest absolute Gasteiger partial charge is 0.390 e. The Morgan fingerprint density at radius 3 is 2.36 bits per heavy atom. The minimum absolute atomic E-state index is 0.146. The zero-order valence-corrected chi connectivity index (χ0v) is 7.65. The van der Waals surface area contributed by atoms with Crippen LogP contribution in [0.3, 0.4) is 0 Å². The number of hydrogen-bond donors (Lipinski definition) is 1. The number of nitrogens with zero attached hydrogens (tertiary/aromatic N) is 1.